The van der Waals surface area contributed by atoms with Gasteiger partial charge in [0.2, 0.25) is 5.91 Å². The van der Waals surface area contributed by atoms with Gasteiger partial charge in [0.05, 0.1) is 5.92 Å². The number of likely N-dealkylation sites (tertiary alicyclic amines) is 1. The zero-order valence-electron chi connectivity index (χ0n) is 12.6. The molecule has 116 valence electrons. The van der Waals surface area contributed by atoms with Gasteiger partial charge in [-0.05, 0) is 36.8 Å². The number of piperidine rings is 1. The third kappa shape index (κ3) is 3.58. The molecule has 0 radical (unpaired) electrons. The number of amides is 1. The lowest BCUT2D eigenvalue weighted by molar-refractivity contribution is -0.136. The van der Waals surface area contributed by atoms with Crippen molar-refractivity contribution in [2.75, 3.05) is 26.2 Å². The minimum Gasteiger partial charge on any atom is -0.342 e. The molecule has 3 nitrogen and oxygen atoms in total. The van der Waals surface area contributed by atoms with E-state index in [0.717, 1.165) is 39.0 Å². The first-order valence-corrected chi connectivity index (χ1v) is 7.80. The summed E-state index contributed by atoms with van der Waals surface area (Å²) in [5.74, 6) is 1.73. The molecule has 1 aromatic rings. The molecule has 0 aromatic heterocycles. The fourth-order valence-corrected chi connectivity index (χ4v) is 3.66. The Kier molecular flexibility index (Phi) is 5.65. The van der Waals surface area contributed by atoms with Crippen LogP contribution in [-0.2, 0) is 4.79 Å². The molecule has 3 unspecified atom stereocenters. The van der Waals surface area contributed by atoms with Crippen LogP contribution in [0.3, 0.4) is 0 Å². The normalized spacial score (nSPS) is 29.0. The van der Waals surface area contributed by atoms with E-state index in [0.29, 0.717) is 17.7 Å². The lowest BCUT2D eigenvalue weighted by atomic mass is 9.81. The standard InChI is InChI=1S/C17H24N2O.ClH/c1-13-12-19(17(20)15-7-9-18-11-15)10-8-16(13)14-5-3-2-4-6-14;/h2-6,13,15-16,18H,7-12H2,1H3;1H. The number of halogens is 1. The molecule has 0 saturated carbocycles. The SMILES string of the molecule is CC1CN(C(=O)C2CCNC2)CCC1c1ccccc1.Cl. The quantitative estimate of drug-likeness (QED) is 0.911. The number of hydrogen-bond donors (Lipinski definition) is 1. The van der Waals surface area contributed by atoms with Crippen molar-refractivity contribution in [1.29, 1.82) is 0 Å². The summed E-state index contributed by atoms with van der Waals surface area (Å²) < 4.78 is 0. The number of carbonyl (C=O) groups excluding carboxylic acids is 1. The molecule has 1 N–H and O–H groups in total. The Hall–Kier alpha value is -1.06. The number of benzene rings is 1. The molecule has 0 spiro atoms. The average Bonchev–Trinajstić information content (AvgIpc) is 3.01. The Morgan fingerprint density at radius 2 is 2.00 bits per heavy atom. The highest BCUT2D eigenvalue weighted by Crippen LogP contribution is 2.33. The van der Waals surface area contributed by atoms with Crippen molar-refractivity contribution in [2.45, 2.75) is 25.7 Å². The monoisotopic (exact) mass is 308 g/mol. The molecule has 0 aliphatic carbocycles. The highest BCUT2D eigenvalue weighted by molar-refractivity contribution is 5.85. The van der Waals surface area contributed by atoms with Gasteiger partial charge in [-0.2, -0.15) is 0 Å². The van der Waals surface area contributed by atoms with Crippen molar-refractivity contribution in [3.63, 3.8) is 0 Å². The summed E-state index contributed by atoms with van der Waals surface area (Å²) in [6, 6.07) is 10.7. The Bertz CT molecular complexity index is 459. The summed E-state index contributed by atoms with van der Waals surface area (Å²) in [6.45, 7) is 5.97. The van der Waals surface area contributed by atoms with Crippen LogP contribution in [0.2, 0.25) is 0 Å². The van der Waals surface area contributed by atoms with Gasteiger partial charge in [-0.25, -0.2) is 0 Å². The predicted octanol–water partition coefficient (Wildman–Crippen LogP) is 2.67. The molecule has 1 aromatic carbocycles. The second kappa shape index (κ2) is 7.28. The third-order valence-corrected chi connectivity index (χ3v) is 4.85. The molecule has 3 atom stereocenters. The van der Waals surface area contributed by atoms with E-state index in [4.69, 9.17) is 0 Å². The van der Waals surface area contributed by atoms with E-state index in [2.05, 4.69) is 47.5 Å². The van der Waals surface area contributed by atoms with E-state index >= 15 is 0 Å². The van der Waals surface area contributed by atoms with Gasteiger partial charge in [-0.3, -0.25) is 4.79 Å². The van der Waals surface area contributed by atoms with E-state index in [9.17, 15) is 4.79 Å². The van der Waals surface area contributed by atoms with Crippen molar-refractivity contribution in [3.05, 3.63) is 35.9 Å². The van der Waals surface area contributed by atoms with E-state index in [-0.39, 0.29) is 18.3 Å². The maximum absolute atomic E-state index is 12.5. The van der Waals surface area contributed by atoms with Crippen LogP contribution in [0.15, 0.2) is 30.3 Å². The predicted molar refractivity (Wildman–Crippen MR) is 87.8 cm³/mol. The Morgan fingerprint density at radius 1 is 1.24 bits per heavy atom. The second-order valence-electron chi connectivity index (χ2n) is 6.26. The molecule has 2 heterocycles. The van der Waals surface area contributed by atoms with Gasteiger partial charge in [-0.1, -0.05) is 37.3 Å². The maximum Gasteiger partial charge on any atom is 0.227 e. The second-order valence-corrected chi connectivity index (χ2v) is 6.26. The number of rotatable bonds is 2. The molecule has 21 heavy (non-hydrogen) atoms. The largest absolute Gasteiger partial charge is 0.342 e. The van der Waals surface area contributed by atoms with E-state index in [1.165, 1.54) is 5.56 Å². The molecule has 1 amide bonds. The third-order valence-electron chi connectivity index (χ3n) is 4.85. The average molecular weight is 309 g/mol. The van der Waals surface area contributed by atoms with Crippen molar-refractivity contribution in [3.8, 4) is 0 Å². The van der Waals surface area contributed by atoms with Crippen molar-refractivity contribution < 1.29 is 4.79 Å². The summed E-state index contributed by atoms with van der Waals surface area (Å²) in [4.78, 5) is 14.6. The summed E-state index contributed by atoms with van der Waals surface area (Å²) >= 11 is 0. The number of hydrogen-bond acceptors (Lipinski definition) is 2. The number of nitrogens with one attached hydrogen (secondary N) is 1. The topological polar surface area (TPSA) is 32.3 Å². The van der Waals surface area contributed by atoms with Crippen LogP contribution >= 0.6 is 12.4 Å². The molecule has 0 bridgehead atoms. The molecule has 2 saturated heterocycles. The smallest absolute Gasteiger partial charge is 0.227 e. The molecule has 2 aliphatic rings. The highest BCUT2D eigenvalue weighted by Gasteiger charge is 2.33. The van der Waals surface area contributed by atoms with Crippen LogP contribution in [-0.4, -0.2) is 37.0 Å². The fourth-order valence-electron chi connectivity index (χ4n) is 3.66. The van der Waals surface area contributed by atoms with E-state index in [1.807, 2.05) is 0 Å². The lowest BCUT2D eigenvalue weighted by Crippen LogP contribution is -2.45. The maximum atomic E-state index is 12.5. The molecule has 3 rings (SSSR count). The van der Waals surface area contributed by atoms with Crippen molar-refractivity contribution in [2.24, 2.45) is 11.8 Å². The Morgan fingerprint density at radius 3 is 2.62 bits per heavy atom. The summed E-state index contributed by atoms with van der Waals surface area (Å²) in [6.07, 6.45) is 2.10. The van der Waals surface area contributed by atoms with Crippen LogP contribution in [0.4, 0.5) is 0 Å². The molecular formula is C17H25ClN2O. The molecule has 2 fully saturated rings. The first-order valence-electron chi connectivity index (χ1n) is 7.80. The van der Waals surface area contributed by atoms with E-state index < -0.39 is 0 Å². The molecule has 2 aliphatic heterocycles. The zero-order valence-corrected chi connectivity index (χ0v) is 13.4. The van der Waals surface area contributed by atoms with E-state index in [1.54, 1.807) is 0 Å². The Labute approximate surface area is 133 Å². The minimum absolute atomic E-state index is 0. The fraction of sp³-hybridized carbons (Fsp3) is 0.588. The van der Waals surface area contributed by atoms with Crippen LogP contribution in [0, 0.1) is 11.8 Å². The van der Waals surface area contributed by atoms with Gasteiger partial charge in [-0.15, -0.1) is 12.4 Å². The van der Waals surface area contributed by atoms with Crippen molar-refractivity contribution in [1.82, 2.24) is 10.2 Å². The van der Waals surface area contributed by atoms with Gasteiger partial charge in [0.1, 0.15) is 0 Å². The van der Waals surface area contributed by atoms with Crippen molar-refractivity contribution >= 4 is 18.3 Å². The van der Waals surface area contributed by atoms with Crippen LogP contribution in [0.5, 0.6) is 0 Å². The summed E-state index contributed by atoms with van der Waals surface area (Å²) in [7, 11) is 0. The summed E-state index contributed by atoms with van der Waals surface area (Å²) in [5.41, 5.74) is 1.43. The number of carbonyl (C=O) groups is 1. The lowest BCUT2D eigenvalue weighted by Gasteiger charge is -2.38. The van der Waals surface area contributed by atoms with Crippen LogP contribution < -0.4 is 5.32 Å². The summed E-state index contributed by atoms with van der Waals surface area (Å²) in [5, 5.41) is 3.29. The zero-order chi connectivity index (χ0) is 13.9. The highest BCUT2D eigenvalue weighted by atomic mass is 35.5. The van der Waals surface area contributed by atoms with Gasteiger partial charge in [0.25, 0.3) is 0 Å². The van der Waals surface area contributed by atoms with Gasteiger partial charge in [0, 0.05) is 19.6 Å². The van der Waals surface area contributed by atoms with Crippen LogP contribution in [0.25, 0.3) is 0 Å². The number of nitrogens with zero attached hydrogens (tertiary/aromatic N) is 1. The first kappa shape index (κ1) is 16.3. The van der Waals surface area contributed by atoms with Crippen LogP contribution in [0.1, 0.15) is 31.2 Å². The van der Waals surface area contributed by atoms with Gasteiger partial charge in [0.15, 0.2) is 0 Å². The van der Waals surface area contributed by atoms with Gasteiger partial charge >= 0.3 is 0 Å². The molecular weight excluding hydrogens is 284 g/mol. The van der Waals surface area contributed by atoms with Gasteiger partial charge < -0.3 is 10.2 Å². The minimum atomic E-state index is 0. The first-order chi connectivity index (χ1) is 9.75. The Balaban J connectivity index is 0.00000161. The molecule has 4 heteroatoms.